The number of methoxy groups -OCH3 is 1. The standard InChI is InChI=1S/C30H50N8O4/c1-5-25(39)37-12-10-21(11-13-37)38-15-19(16-38)6-8-22-26(27-28(31)32-17-33-29(27)36(22)3)20-7-9-23(24(14-20)40-4)42-30-35-34-18(2)41-30/h5,18-24,26-30,32-35H,1,7,9-17,31H2,2-4H3. The van der Waals surface area contributed by atoms with Gasteiger partial charge in [-0.3, -0.25) is 25.2 Å². The number of nitrogens with zero attached hydrogens (tertiary/aromatic N) is 3. The van der Waals surface area contributed by atoms with Crippen LogP contribution in [0.1, 0.15) is 39.0 Å². The van der Waals surface area contributed by atoms with Gasteiger partial charge in [0, 0.05) is 57.8 Å². The minimum absolute atomic E-state index is 0.0165. The number of fused-ring (bicyclic) bond motifs is 1. The molecule has 0 aromatic heterocycles. The van der Waals surface area contributed by atoms with Crippen LogP contribution in [0.15, 0.2) is 12.7 Å². The molecule has 0 aromatic rings. The van der Waals surface area contributed by atoms with E-state index in [1.54, 1.807) is 7.11 Å². The van der Waals surface area contributed by atoms with E-state index in [2.05, 4.69) is 56.8 Å². The largest absolute Gasteiger partial charge is 0.379 e. The molecule has 10 unspecified atom stereocenters. The fourth-order valence-corrected chi connectivity index (χ4v) is 8.28. The van der Waals surface area contributed by atoms with Gasteiger partial charge in [-0.05, 0) is 64.0 Å². The average Bonchev–Trinajstić information content (AvgIpc) is 3.52. The van der Waals surface area contributed by atoms with E-state index < -0.39 is 6.41 Å². The number of carbonyl (C=O) groups is 1. The molecule has 6 fully saturated rings. The summed E-state index contributed by atoms with van der Waals surface area (Å²) in [5.74, 6) is 8.91. The molecule has 5 saturated heterocycles. The summed E-state index contributed by atoms with van der Waals surface area (Å²) in [6.45, 7) is 9.94. The first-order chi connectivity index (χ1) is 20.4. The third-order valence-electron chi connectivity index (χ3n) is 10.6. The van der Waals surface area contributed by atoms with Crippen LogP contribution in [0.4, 0.5) is 0 Å². The number of likely N-dealkylation sites (tertiary alicyclic amines) is 3. The van der Waals surface area contributed by atoms with Gasteiger partial charge >= 0.3 is 0 Å². The molecular weight excluding hydrogens is 536 g/mol. The Morgan fingerprint density at radius 3 is 2.55 bits per heavy atom. The maximum absolute atomic E-state index is 11.9. The molecule has 5 heterocycles. The van der Waals surface area contributed by atoms with Crippen molar-refractivity contribution >= 4 is 5.91 Å². The Labute approximate surface area is 250 Å². The number of nitrogens with one attached hydrogen (secondary N) is 4. The number of piperidine rings is 1. The molecule has 6 rings (SSSR count). The van der Waals surface area contributed by atoms with Gasteiger partial charge in [0.25, 0.3) is 0 Å². The van der Waals surface area contributed by atoms with Gasteiger partial charge in [0.2, 0.25) is 12.3 Å². The van der Waals surface area contributed by atoms with E-state index in [-0.39, 0.29) is 48.6 Å². The third kappa shape index (κ3) is 6.15. The highest BCUT2D eigenvalue weighted by molar-refractivity contribution is 5.87. The molecule has 1 saturated carbocycles. The molecule has 1 amide bonds. The highest BCUT2D eigenvalue weighted by Gasteiger charge is 2.54. The fraction of sp³-hybridized carbons (Fsp3) is 0.833. The zero-order chi connectivity index (χ0) is 29.4. The van der Waals surface area contributed by atoms with E-state index in [0.717, 1.165) is 58.3 Å². The summed E-state index contributed by atoms with van der Waals surface area (Å²) in [6, 6.07) is 0.674. The molecule has 6 aliphatic rings. The summed E-state index contributed by atoms with van der Waals surface area (Å²) in [6.07, 6.45) is 5.85. The van der Waals surface area contributed by atoms with Crippen molar-refractivity contribution in [1.29, 1.82) is 0 Å². The lowest BCUT2D eigenvalue weighted by Crippen LogP contribution is -2.63. The molecule has 0 aromatic carbocycles. The Balaban J connectivity index is 1.10. The molecule has 6 N–H and O–H groups in total. The quantitative estimate of drug-likeness (QED) is 0.201. The van der Waals surface area contributed by atoms with Crippen molar-refractivity contribution in [3.05, 3.63) is 12.7 Å². The van der Waals surface area contributed by atoms with Gasteiger partial charge in [0.15, 0.2) is 0 Å². The van der Waals surface area contributed by atoms with Crippen molar-refractivity contribution in [3.8, 4) is 11.8 Å². The van der Waals surface area contributed by atoms with Crippen LogP contribution >= 0.6 is 0 Å². The molecule has 0 spiro atoms. The van der Waals surface area contributed by atoms with Crippen molar-refractivity contribution < 1.29 is 19.0 Å². The summed E-state index contributed by atoms with van der Waals surface area (Å²) >= 11 is 0. The Bertz CT molecular complexity index is 1020. The van der Waals surface area contributed by atoms with Crippen LogP contribution in [0, 0.1) is 35.5 Å². The number of amides is 1. The molecule has 234 valence electrons. The lowest BCUT2D eigenvalue weighted by molar-refractivity contribution is -0.206. The number of hydrogen-bond donors (Lipinski definition) is 5. The molecular formula is C30H50N8O4. The maximum Gasteiger partial charge on any atom is 0.245 e. The van der Waals surface area contributed by atoms with Gasteiger partial charge < -0.3 is 24.8 Å². The topological polar surface area (TPSA) is 129 Å². The number of ether oxygens (including phenoxy) is 3. The lowest BCUT2D eigenvalue weighted by Gasteiger charge is -2.45. The molecule has 0 radical (unpaired) electrons. The van der Waals surface area contributed by atoms with Gasteiger partial charge in [-0.2, -0.15) is 0 Å². The Morgan fingerprint density at radius 1 is 1.07 bits per heavy atom. The SMILES string of the molecule is C=CC(=O)N1CCC(N2CC(C#CC3C(C4CCC(OC5NNC(C)O5)C(OC)C4)C4C(N)NCNC4N3C)C2)CC1. The molecule has 0 bridgehead atoms. The second kappa shape index (κ2) is 13.2. The highest BCUT2D eigenvalue weighted by atomic mass is 16.7. The van der Waals surface area contributed by atoms with Crippen molar-refractivity contribution in [2.75, 3.05) is 47.0 Å². The smallest absolute Gasteiger partial charge is 0.245 e. The number of hydrogen-bond acceptors (Lipinski definition) is 11. The first kappa shape index (κ1) is 30.4. The minimum Gasteiger partial charge on any atom is -0.379 e. The number of rotatable bonds is 6. The molecule has 1 aliphatic carbocycles. The molecule has 42 heavy (non-hydrogen) atoms. The Hall–Kier alpha value is -1.63. The molecule has 12 nitrogen and oxygen atoms in total. The van der Waals surface area contributed by atoms with E-state index in [1.807, 2.05) is 11.8 Å². The van der Waals surface area contributed by atoms with Crippen molar-refractivity contribution in [2.24, 2.45) is 29.4 Å². The summed E-state index contributed by atoms with van der Waals surface area (Å²) < 4.78 is 18.0. The van der Waals surface area contributed by atoms with Crippen LogP contribution in [-0.4, -0.2) is 117 Å². The number of hydrazine groups is 1. The van der Waals surface area contributed by atoms with Crippen LogP contribution in [0.2, 0.25) is 0 Å². The lowest BCUT2D eigenvalue weighted by atomic mass is 9.69. The first-order valence-corrected chi connectivity index (χ1v) is 15.8. The van der Waals surface area contributed by atoms with E-state index >= 15 is 0 Å². The Morgan fingerprint density at radius 2 is 1.86 bits per heavy atom. The minimum atomic E-state index is -0.468. The van der Waals surface area contributed by atoms with Gasteiger partial charge in [-0.15, -0.1) is 0 Å². The van der Waals surface area contributed by atoms with Gasteiger partial charge in [-0.1, -0.05) is 18.4 Å². The average molecular weight is 587 g/mol. The monoisotopic (exact) mass is 586 g/mol. The van der Waals surface area contributed by atoms with Crippen molar-refractivity contribution in [1.82, 2.24) is 36.2 Å². The van der Waals surface area contributed by atoms with Crippen LogP contribution in [0.5, 0.6) is 0 Å². The molecule has 5 aliphatic heterocycles. The second-order valence-electron chi connectivity index (χ2n) is 12.9. The summed E-state index contributed by atoms with van der Waals surface area (Å²) in [4.78, 5) is 18.8. The van der Waals surface area contributed by atoms with Crippen LogP contribution in [0.25, 0.3) is 0 Å². The van der Waals surface area contributed by atoms with Gasteiger partial charge in [0.1, 0.15) is 6.23 Å². The maximum atomic E-state index is 11.9. The van der Waals surface area contributed by atoms with Crippen molar-refractivity contribution in [2.45, 2.75) is 88.3 Å². The predicted molar refractivity (Wildman–Crippen MR) is 158 cm³/mol. The Kier molecular flexibility index (Phi) is 9.52. The third-order valence-corrected chi connectivity index (χ3v) is 10.6. The normalized spacial score (nSPS) is 42.0. The first-order valence-electron chi connectivity index (χ1n) is 15.8. The summed E-state index contributed by atoms with van der Waals surface area (Å²) in [5, 5.41) is 7.13. The van der Waals surface area contributed by atoms with E-state index in [1.165, 1.54) is 6.08 Å². The predicted octanol–water partition coefficient (Wildman–Crippen LogP) is -0.639. The zero-order valence-corrected chi connectivity index (χ0v) is 25.3. The molecule has 12 heteroatoms. The summed E-state index contributed by atoms with van der Waals surface area (Å²) in [7, 11) is 3.99. The van der Waals surface area contributed by atoms with Crippen LogP contribution in [-0.2, 0) is 19.0 Å². The zero-order valence-electron chi connectivity index (χ0n) is 25.3. The van der Waals surface area contributed by atoms with E-state index in [9.17, 15) is 4.79 Å². The summed E-state index contributed by atoms with van der Waals surface area (Å²) in [5.41, 5.74) is 12.8. The van der Waals surface area contributed by atoms with Crippen molar-refractivity contribution in [3.63, 3.8) is 0 Å². The van der Waals surface area contributed by atoms with Gasteiger partial charge in [0.05, 0.1) is 30.6 Å². The molecule has 10 atom stereocenters. The van der Waals surface area contributed by atoms with Crippen LogP contribution in [0.3, 0.4) is 0 Å². The van der Waals surface area contributed by atoms with Crippen LogP contribution < -0.4 is 27.2 Å². The fourth-order valence-electron chi connectivity index (χ4n) is 8.28. The second-order valence-corrected chi connectivity index (χ2v) is 12.9. The van der Waals surface area contributed by atoms with E-state index in [0.29, 0.717) is 30.5 Å². The van der Waals surface area contributed by atoms with Gasteiger partial charge in [-0.25, -0.2) is 10.9 Å². The number of nitrogens with two attached hydrogens (primary N) is 1. The van der Waals surface area contributed by atoms with E-state index in [4.69, 9.17) is 19.9 Å². The highest BCUT2D eigenvalue weighted by Crippen LogP contribution is 2.46. The number of carbonyl (C=O) groups excluding carboxylic acids is 1.